The molecule has 2 aromatic carbocycles. The molecule has 0 radical (unpaired) electrons. The van der Waals surface area contributed by atoms with E-state index < -0.39 is 5.41 Å². The summed E-state index contributed by atoms with van der Waals surface area (Å²) in [6, 6.07) is 18.3. The van der Waals surface area contributed by atoms with Crippen molar-refractivity contribution in [1.29, 1.82) is 0 Å². The Morgan fingerprint density at radius 3 is 2.55 bits per heavy atom. The Balaban J connectivity index is 1.58. The molecule has 2 heterocycles. The van der Waals surface area contributed by atoms with Crippen molar-refractivity contribution in [3.63, 3.8) is 0 Å². The van der Waals surface area contributed by atoms with Gasteiger partial charge in [0.25, 0.3) is 0 Å². The lowest BCUT2D eigenvalue weighted by Crippen LogP contribution is -2.44. The molecule has 5 nitrogen and oxygen atoms in total. The van der Waals surface area contributed by atoms with Gasteiger partial charge in [-0.05, 0) is 56.0 Å². The van der Waals surface area contributed by atoms with E-state index in [1.807, 2.05) is 49.5 Å². The summed E-state index contributed by atoms with van der Waals surface area (Å²) in [5.41, 5.74) is 2.40. The average Bonchev–Trinajstić information content (AvgIpc) is 2.96. The van der Waals surface area contributed by atoms with E-state index in [9.17, 15) is 9.59 Å². The second kappa shape index (κ2) is 8.37. The molecule has 4 rings (SSSR count). The van der Waals surface area contributed by atoms with Gasteiger partial charge in [0.05, 0.1) is 5.41 Å². The molecular formula is C24H29N3O2. The molecule has 5 heteroatoms. The van der Waals surface area contributed by atoms with E-state index in [1.54, 1.807) is 4.90 Å². The third-order valence-electron chi connectivity index (χ3n) is 6.33. The Labute approximate surface area is 172 Å². The van der Waals surface area contributed by atoms with Crippen LogP contribution in [0, 0.1) is 0 Å². The fourth-order valence-corrected chi connectivity index (χ4v) is 4.75. The minimum Gasteiger partial charge on any atom is -0.353 e. The maximum atomic E-state index is 13.5. The van der Waals surface area contributed by atoms with Gasteiger partial charge in [-0.1, -0.05) is 48.5 Å². The van der Waals surface area contributed by atoms with Crippen LogP contribution in [0.1, 0.15) is 36.8 Å². The Bertz CT molecular complexity index is 877. The SMILES string of the molecule is CN1C(=O)C(CCC(=O)NC2CCNCC2)(Cc2ccccc2)c2ccccc21. The van der Waals surface area contributed by atoms with Gasteiger partial charge >= 0.3 is 0 Å². The maximum Gasteiger partial charge on any atom is 0.237 e. The van der Waals surface area contributed by atoms with Crippen molar-refractivity contribution in [2.45, 2.75) is 43.6 Å². The van der Waals surface area contributed by atoms with E-state index in [0.29, 0.717) is 19.3 Å². The number of hydrogen-bond acceptors (Lipinski definition) is 3. The van der Waals surface area contributed by atoms with Crippen molar-refractivity contribution in [3.05, 3.63) is 65.7 Å². The second-order valence-corrected chi connectivity index (χ2v) is 8.22. The summed E-state index contributed by atoms with van der Waals surface area (Å²) in [7, 11) is 1.84. The number of fused-ring (bicyclic) bond motifs is 1. The number of nitrogens with zero attached hydrogens (tertiary/aromatic N) is 1. The van der Waals surface area contributed by atoms with Crippen LogP contribution in [-0.2, 0) is 21.4 Å². The number of rotatable bonds is 6. The van der Waals surface area contributed by atoms with E-state index in [0.717, 1.165) is 42.7 Å². The molecule has 29 heavy (non-hydrogen) atoms. The van der Waals surface area contributed by atoms with Gasteiger partial charge in [0.15, 0.2) is 0 Å². The molecule has 0 aliphatic carbocycles. The van der Waals surface area contributed by atoms with Crippen LogP contribution in [0.5, 0.6) is 0 Å². The van der Waals surface area contributed by atoms with Crippen molar-refractivity contribution in [1.82, 2.24) is 10.6 Å². The van der Waals surface area contributed by atoms with Gasteiger partial charge in [-0.15, -0.1) is 0 Å². The van der Waals surface area contributed by atoms with Gasteiger partial charge in [-0.3, -0.25) is 9.59 Å². The number of hydrogen-bond donors (Lipinski definition) is 2. The van der Waals surface area contributed by atoms with Crippen molar-refractivity contribution in [3.8, 4) is 0 Å². The van der Waals surface area contributed by atoms with Crippen LogP contribution in [0.4, 0.5) is 5.69 Å². The third kappa shape index (κ3) is 3.92. The summed E-state index contributed by atoms with van der Waals surface area (Å²) in [4.78, 5) is 27.9. The van der Waals surface area contributed by atoms with Crippen LogP contribution in [0.2, 0.25) is 0 Å². The van der Waals surface area contributed by atoms with E-state index in [1.165, 1.54) is 0 Å². The lowest BCUT2D eigenvalue weighted by atomic mass is 9.73. The lowest BCUT2D eigenvalue weighted by molar-refractivity contribution is -0.125. The molecule has 2 amide bonds. The molecule has 2 aromatic rings. The number of carbonyl (C=O) groups is 2. The largest absolute Gasteiger partial charge is 0.353 e. The van der Waals surface area contributed by atoms with Gasteiger partial charge in [0, 0.05) is 25.2 Å². The van der Waals surface area contributed by atoms with E-state index >= 15 is 0 Å². The quantitative estimate of drug-likeness (QED) is 0.796. The molecule has 152 valence electrons. The number of nitrogens with one attached hydrogen (secondary N) is 2. The number of benzene rings is 2. The molecule has 2 aliphatic heterocycles. The zero-order chi connectivity index (χ0) is 20.3. The number of piperidine rings is 1. The smallest absolute Gasteiger partial charge is 0.237 e. The van der Waals surface area contributed by atoms with E-state index in [-0.39, 0.29) is 17.9 Å². The number of likely N-dealkylation sites (N-methyl/N-ethyl adjacent to an activating group) is 1. The Morgan fingerprint density at radius 1 is 1.10 bits per heavy atom. The Kier molecular flexibility index (Phi) is 5.67. The zero-order valence-electron chi connectivity index (χ0n) is 17.0. The molecule has 0 aromatic heterocycles. The molecule has 0 spiro atoms. The minimum atomic E-state index is -0.696. The Morgan fingerprint density at radius 2 is 1.79 bits per heavy atom. The van der Waals surface area contributed by atoms with Crippen LogP contribution in [-0.4, -0.2) is 38.0 Å². The van der Waals surface area contributed by atoms with Crippen LogP contribution >= 0.6 is 0 Å². The number of amides is 2. The van der Waals surface area contributed by atoms with Crippen molar-refractivity contribution >= 4 is 17.5 Å². The number of anilines is 1. The Hall–Kier alpha value is -2.66. The van der Waals surface area contributed by atoms with Crippen LogP contribution in [0.3, 0.4) is 0 Å². The van der Waals surface area contributed by atoms with Gasteiger partial charge in [-0.2, -0.15) is 0 Å². The molecule has 2 N–H and O–H groups in total. The van der Waals surface area contributed by atoms with Crippen LogP contribution in [0.25, 0.3) is 0 Å². The highest BCUT2D eigenvalue weighted by atomic mass is 16.2. The second-order valence-electron chi connectivity index (χ2n) is 8.22. The number of para-hydroxylation sites is 1. The summed E-state index contributed by atoms with van der Waals surface area (Å²) in [5, 5.41) is 6.49. The van der Waals surface area contributed by atoms with Crippen molar-refractivity contribution in [2.24, 2.45) is 0 Å². The maximum absolute atomic E-state index is 13.5. The van der Waals surface area contributed by atoms with Gasteiger partial charge in [-0.25, -0.2) is 0 Å². The number of carbonyl (C=O) groups excluding carboxylic acids is 2. The van der Waals surface area contributed by atoms with Crippen molar-refractivity contribution in [2.75, 3.05) is 25.0 Å². The van der Waals surface area contributed by atoms with E-state index in [2.05, 4.69) is 22.8 Å². The minimum absolute atomic E-state index is 0.0455. The van der Waals surface area contributed by atoms with Crippen molar-refractivity contribution < 1.29 is 9.59 Å². The van der Waals surface area contributed by atoms with Crippen LogP contribution in [0.15, 0.2) is 54.6 Å². The van der Waals surface area contributed by atoms with E-state index in [4.69, 9.17) is 0 Å². The van der Waals surface area contributed by atoms with Gasteiger partial charge in [0.1, 0.15) is 0 Å². The summed E-state index contributed by atoms with van der Waals surface area (Å²) in [5.74, 6) is 0.126. The fourth-order valence-electron chi connectivity index (χ4n) is 4.75. The predicted octanol–water partition coefficient (Wildman–Crippen LogP) is 2.79. The molecule has 1 fully saturated rings. The predicted molar refractivity (Wildman–Crippen MR) is 115 cm³/mol. The molecule has 0 saturated carbocycles. The molecule has 1 saturated heterocycles. The standard InChI is InChI=1S/C24H29N3O2/c1-27-21-10-6-5-9-20(21)24(23(27)29,17-18-7-3-2-4-8-18)14-11-22(28)26-19-12-15-25-16-13-19/h2-10,19,25H,11-17H2,1H3,(H,26,28). The summed E-state index contributed by atoms with van der Waals surface area (Å²) < 4.78 is 0. The average molecular weight is 392 g/mol. The molecule has 1 unspecified atom stereocenters. The third-order valence-corrected chi connectivity index (χ3v) is 6.33. The van der Waals surface area contributed by atoms with Gasteiger partial charge in [0.2, 0.25) is 11.8 Å². The highest BCUT2D eigenvalue weighted by Crippen LogP contribution is 2.46. The first-order valence-corrected chi connectivity index (χ1v) is 10.5. The normalized spacial score (nSPS) is 21.8. The monoisotopic (exact) mass is 391 g/mol. The first kappa shape index (κ1) is 19.6. The summed E-state index contributed by atoms with van der Waals surface area (Å²) in [6.07, 6.45) is 3.40. The highest BCUT2D eigenvalue weighted by Gasteiger charge is 2.49. The molecule has 1 atom stereocenters. The topological polar surface area (TPSA) is 61.4 Å². The first-order valence-electron chi connectivity index (χ1n) is 10.5. The van der Waals surface area contributed by atoms with Gasteiger partial charge < -0.3 is 15.5 Å². The summed E-state index contributed by atoms with van der Waals surface area (Å²) >= 11 is 0. The fraction of sp³-hybridized carbons (Fsp3) is 0.417. The molecule has 2 aliphatic rings. The molecular weight excluding hydrogens is 362 g/mol. The zero-order valence-corrected chi connectivity index (χ0v) is 17.0. The molecule has 0 bridgehead atoms. The summed E-state index contributed by atoms with van der Waals surface area (Å²) in [6.45, 7) is 1.89. The van der Waals surface area contributed by atoms with Crippen LogP contribution < -0.4 is 15.5 Å². The highest BCUT2D eigenvalue weighted by molar-refractivity contribution is 6.08. The first-order chi connectivity index (χ1) is 14.1. The lowest BCUT2D eigenvalue weighted by Gasteiger charge is -2.29.